The molecule has 35 heavy (non-hydrogen) atoms. The summed E-state index contributed by atoms with van der Waals surface area (Å²) in [5.74, 6) is 1.61. The number of amides is 1. The summed E-state index contributed by atoms with van der Waals surface area (Å²) in [6, 6.07) is 1.84. The Morgan fingerprint density at radius 3 is 2.69 bits per heavy atom. The van der Waals surface area contributed by atoms with Crippen LogP contribution in [0.5, 0.6) is 0 Å². The number of halogens is 1. The SMILES string of the molecule is CC(=O)N1CCC2(CC1)CN(c1cc(Cl)nc(-c3cnn(CC4(OC5CCCCO5)CC4)c3)n1)C2. The van der Waals surface area contributed by atoms with Crippen LogP contribution in [0.15, 0.2) is 18.5 Å². The molecule has 5 heterocycles. The van der Waals surface area contributed by atoms with Crippen molar-refractivity contribution in [2.24, 2.45) is 5.41 Å². The van der Waals surface area contributed by atoms with Crippen LogP contribution in [0.2, 0.25) is 5.15 Å². The highest BCUT2D eigenvalue weighted by Crippen LogP contribution is 2.44. The average Bonchev–Trinajstić information content (AvgIpc) is 3.41. The second-order valence-electron chi connectivity index (χ2n) is 10.8. The molecule has 2 aromatic rings. The highest BCUT2D eigenvalue weighted by Gasteiger charge is 2.47. The van der Waals surface area contributed by atoms with Gasteiger partial charge in [0.05, 0.1) is 23.9 Å². The molecule has 3 saturated heterocycles. The number of nitrogens with zero attached hydrogens (tertiary/aromatic N) is 6. The first-order valence-corrected chi connectivity index (χ1v) is 13.2. The number of carbonyl (C=O) groups is 1. The lowest BCUT2D eigenvalue weighted by Crippen LogP contribution is -2.61. The van der Waals surface area contributed by atoms with Crippen molar-refractivity contribution < 1.29 is 14.3 Å². The fourth-order valence-electron chi connectivity index (χ4n) is 5.63. The Bertz CT molecular complexity index is 1080. The molecule has 1 atom stereocenters. The Morgan fingerprint density at radius 2 is 2.00 bits per heavy atom. The third-order valence-electron chi connectivity index (χ3n) is 8.00. The zero-order valence-corrected chi connectivity index (χ0v) is 21.0. The van der Waals surface area contributed by atoms with Crippen LogP contribution in [0, 0.1) is 5.41 Å². The zero-order valence-electron chi connectivity index (χ0n) is 20.3. The Kier molecular flexibility index (Phi) is 5.97. The molecule has 2 aromatic heterocycles. The van der Waals surface area contributed by atoms with Crippen LogP contribution < -0.4 is 4.90 Å². The van der Waals surface area contributed by atoms with E-state index in [9.17, 15) is 4.79 Å². The average molecular weight is 501 g/mol. The predicted molar refractivity (Wildman–Crippen MR) is 131 cm³/mol. The molecular weight excluding hydrogens is 468 g/mol. The van der Waals surface area contributed by atoms with Gasteiger partial charge in [0.15, 0.2) is 12.1 Å². The smallest absolute Gasteiger partial charge is 0.219 e. The van der Waals surface area contributed by atoms with Gasteiger partial charge in [0.25, 0.3) is 0 Å². The zero-order chi connectivity index (χ0) is 24.0. The first kappa shape index (κ1) is 23.2. The number of aromatic nitrogens is 4. The molecule has 1 amide bonds. The van der Waals surface area contributed by atoms with Gasteiger partial charge in [-0.25, -0.2) is 9.97 Å². The van der Waals surface area contributed by atoms with Crippen LogP contribution in [-0.4, -0.2) is 75.2 Å². The number of piperidine rings is 1. The van der Waals surface area contributed by atoms with E-state index in [0.717, 1.165) is 89.1 Å². The maximum Gasteiger partial charge on any atom is 0.219 e. The number of hydrogen-bond acceptors (Lipinski definition) is 7. The fraction of sp³-hybridized carbons (Fsp3) is 0.680. The van der Waals surface area contributed by atoms with Gasteiger partial charge in [-0.1, -0.05) is 11.6 Å². The molecule has 4 aliphatic rings. The topological polar surface area (TPSA) is 85.6 Å². The van der Waals surface area contributed by atoms with E-state index in [1.807, 2.05) is 21.8 Å². The van der Waals surface area contributed by atoms with Gasteiger partial charge in [0.1, 0.15) is 11.0 Å². The fourth-order valence-corrected chi connectivity index (χ4v) is 5.81. The molecule has 0 N–H and O–H groups in total. The van der Waals surface area contributed by atoms with Crippen molar-refractivity contribution in [3.8, 4) is 11.4 Å². The molecule has 10 heteroatoms. The van der Waals surface area contributed by atoms with Gasteiger partial charge >= 0.3 is 0 Å². The van der Waals surface area contributed by atoms with Crippen molar-refractivity contribution in [2.45, 2.75) is 70.3 Å². The van der Waals surface area contributed by atoms with Gasteiger partial charge in [0.2, 0.25) is 5.91 Å². The van der Waals surface area contributed by atoms with Crippen LogP contribution in [0.1, 0.15) is 51.9 Å². The molecule has 6 rings (SSSR count). The highest BCUT2D eigenvalue weighted by molar-refractivity contribution is 6.29. The van der Waals surface area contributed by atoms with E-state index in [1.54, 1.807) is 13.1 Å². The second kappa shape index (κ2) is 9.01. The lowest BCUT2D eigenvalue weighted by atomic mass is 9.72. The molecule has 3 aliphatic heterocycles. The Labute approximate surface area is 210 Å². The third-order valence-corrected chi connectivity index (χ3v) is 8.19. The van der Waals surface area contributed by atoms with E-state index in [1.165, 1.54) is 0 Å². The summed E-state index contributed by atoms with van der Waals surface area (Å²) < 4.78 is 14.0. The van der Waals surface area contributed by atoms with Gasteiger partial charge in [-0.05, 0) is 44.9 Å². The number of rotatable bonds is 6. The van der Waals surface area contributed by atoms with Crippen molar-refractivity contribution in [3.63, 3.8) is 0 Å². The van der Waals surface area contributed by atoms with Crippen LogP contribution in [-0.2, 0) is 20.8 Å². The summed E-state index contributed by atoms with van der Waals surface area (Å²) in [7, 11) is 0. The van der Waals surface area contributed by atoms with Gasteiger partial charge in [0, 0.05) is 57.4 Å². The molecule has 1 saturated carbocycles. The molecule has 1 unspecified atom stereocenters. The van der Waals surface area contributed by atoms with Crippen LogP contribution >= 0.6 is 11.6 Å². The van der Waals surface area contributed by atoms with Crippen LogP contribution in [0.25, 0.3) is 11.4 Å². The minimum Gasteiger partial charge on any atom is -0.355 e. The van der Waals surface area contributed by atoms with E-state index in [2.05, 4.69) is 15.0 Å². The first-order valence-electron chi connectivity index (χ1n) is 12.8. The molecule has 0 bridgehead atoms. The molecule has 0 aromatic carbocycles. The molecule has 1 spiro atoms. The summed E-state index contributed by atoms with van der Waals surface area (Å²) in [6.07, 6.45) is 11.1. The lowest BCUT2D eigenvalue weighted by Gasteiger charge is -2.54. The largest absolute Gasteiger partial charge is 0.355 e. The van der Waals surface area contributed by atoms with Crippen molar-refractivity contribution in [2.75, 3.05) is 37.7 Å². The number of hydrogen-bond donors (Lipinski definition) is 0. The summed E-state index contributed by atoms with van der Waals surface area (Å²) in [6.45, 7) is 6.71. The first-order chi connectivity index (χ1) is 16.9. The maximum absolute atomic E-state index is 11.6. The van der Waals surface area contributed by atoms with E-state index < -0.39 is 0 Å². The van der Waals surface area contributed by atoms with Gasteiger partial charge in [-0.2, -0.15) is 5.10 Å². The number of carbonyl (C=O) groups excluding carboxylic acids is 1. The summed E-state index contributed by atoms with van der Waals surface area (Å²) >= 11 is 6.40. The van der Waals surface area contributed by atoms with Gasteiger partial charge < -0.3 is 19.3 Å². The van der Waals surface area contributed by atoms with E-state index in [4.69, 9.17) is 26.1 Å². The molecule has 4 fully saturated rings. The second-order valence-corrected chi connectivity index (χ2v) is 11.1. The van der Waals surface area contributed by atoms with Gasteiger partial charge in [-0.15, -0.1) is 0 Å². The van der Waals surface area contributed by atoms with Crippen molar-refractivity contribution in [1.82, 2.24) is 24.6 Å². The highest BCUT2D eigenvalue weighted by atomic mass is 35.5. The normalized spacial score (nSPS) is 24.9. The molecular formula is C25H33ClN6O3. The molecule has 1 aliphatic carbocycles. The number of anilines is 1. The lowest BCUT2D eigenvalue weighted by molar-refractivity contribution is -0.200. The van der Waals surface area contributed by atoms with Crippen LogP contribution in [0.3, 0.4) is 0 Å². The number of likely N-dealkylation sites (tertiary alicyclic amines) is 1. The summed E-state index contributed by atoms with van der Waals surface area (Å²) in [5, 5.41) is 5.00. The maximum atomic E-state index is 11.6. The predicted octanol–water partition coefficient (Wildman–Crippen LogP) is 3.52. The minimum absolute atomic E-state index is 0.0883. The van der Waals surface area contributed by atoms with Crippen molar-refractivity contribution >= 4 is 23.3 Å². The van der Waals surface area contributed by atoms with E-state index >= 15 is 0 Å². The van der Waals surface area contributed by atoms with Crippen LogP contribution in [0.4, 0.5) is 5.82 Å². The third kappa shape index (κ3) is 4.90. The van der Waals surface area contributed by atoms with Gasteiger partial charge in [-0.3, -0.25) is 9.48 Å². The Balaban J connectivity index is 1.10. The standard InChI is InChI=1S/C25H33ClN6O3/c1-18(33)30-9-7-24(8-10-30)15-31(16-24)21-12-20(26)28-23(29-21)19-13-27-32(14-19)17-25(5-6-25)35-22-4-2-3-11-34-22/h12-14,22H,2-11,15-17H2,1H3. The minimum atomic E-state index is -0.171. The summed E-state index contributed by atoms with van der Waals surface area (Å²) in [5.41, 5.74) is 0.952. The Hall–Kier alpha value is -2.23. The molecule has 188 valence electrons. The van der Waals surface area contributed by atoms with Crippen molar-refractivity contribution in [3.05, 3.63) is 23.6 Å². The van der Waals surface area contributed by atoms with E-state index in [0.29, 0.717) is 17.5 Å². The molecule has 9 nitrogen and oxygen atoms in total. The number of ether oxygens (including phenoxy) is 2. The quantitative estimate of drug-likeness (QED) is 0.561. The molecule has 0 radical (unpaired) electrons. The van der Waals surface area contributed by atoms with Crippen molar-refractivity contribution in [1.29, 1.82) is 0 Å². The summed E-state index contributed by atoms with van der Waals surface area (Å²) in [4.78, 5) is 25.2. The monoisotopic (exact) mass is 500 g/mol. The Morgan fingerprint density at radius 1 is 1.20 bits per heavy atom. The van der Waals surface area contributed by atoms with E-state index in [-0.39, 0.29) is 23.2 Å².